The minimum Gasteiger partial charge on any atom is -0.394 e. The average Bonchev–Trinajstić information content (AvgIpc) is 3.04. The average molecular weight is 242 g/mol. The Morgan fingerprint density at radius 2 is 2.38 bits per heavy atom. The summed E-state index contributed by atoms with van der Waals surface area (Å²) in [7, 11) is 0. The second-order valence-corrected chi connectivity index (χ2v) is 5.10. The van der Waals surface area contributed by atoms with E-state index < -0.39 is 0 Å². The molecule has 1 saturated carbocycles. The molecule has 0 amide bonds. The van der Waals surface area contributed by atoms with E-state index in [1.807, 2.05) is 17.5 Å². The second kappa shape index (κ2) is 6.30. The summed E-state index contributed by atoms with van der Waals surface area (Å²) in [6.07, 6.45) is 4.60. The van der Waals surface area contributed by atoms with Crippen LogP contribution >= 0.6 is 11.3 Å². The lowest BCUT2D eigenvalue weighted by Gasteiger charge is -2.03. The molecule has 2 N–H and O–H groups in total. The molecule has 0 atom stereocenters. The van der Waals surface area contributed by atoms with Gasteiger partial charge in [0.15, 0.2) is 0 Å². The van der Waals surface area contributed by atoms with Crippen molar-refractivity contribution < 1.29 is 9.84 Å². The van der Waals surface area contributed by atoms with Crippen LogP contribution in [0.25, 0.3) is 0 Å². The summed E-state index contributed by atoms with van der Waals surface area (Å²) in [5, 5.41) is 13.1. The van der Waals surface area contributed by atoms with Crippen molar-refractivity contribution in [3.8, 4) is 0 Å². The van der Waals surface area contributed by atoms with Crippen molar-refractivity contribution in [2.75, 3.05) is 26.4 Å². The fourth-order valence-corrected chi connectivity index (χ4v) is 2.50. The Balaban J connectivity index is 1.57. The quantitative estimate of drug-likeness (QED) is 0.671. The molecule has 1 heterocycles. The van der Waals surface area contributed by atoms with E-state index in [0.717, 1.165) is 19.0 Å². The summed E-state index contributed by atoms with van der Waals surface area (Å²) in [6.45, 7) is 2.85. The third kappa shape index (κ3) is 3.83. The van der Waals surface area contributed by atoms with Crippen molar-refractivity contribution in [2.45, 2.75) is 25.3 Å². The molecule has 16 heavy (non-hydrogen) atoms. The molecule has 0 saturated heterocycles. The molecule has 0 aliphatic heterocycles. The summed E-state index contributed by atoms with van der Waals surface area (Å²) in [6, 6.07) is 0. The van der Waals surface area contributed by atoms with Crippen molar-refractivity contribution in [3.63, 3.8) is 0 Å². The zero-order valence-electron chi connectivity index (χ0n) is 9.32. The van der Waals surface area contributed by atoms with Gasteiger partial charge >= 0.3 is 0 Å². The summed E-state index contributed by atoms with van der Waals surface area (Å²) >= 11 is 1.82. The second-order valence-electron chi connectivity index (χ2n) is 3.95. The van der Waals surface area contributed by atoms with Crippen molar-refractivity contribution in [3.05, 3.63) is 16.1 Å². The highest BCUT2D eigenvalue weighted by molar-refractivity contribution is 7.11. The van der Waals surface area contributed by atoms with E-state index in [2.05, 4.69) is 10.3 Å². The smallest absolute Gasteiger partial charge is 0.0959 e. The number of nitrogens with one attached hydrogen (secondary N) is 1. The molecule has 0 aromatic carbocycles. The standard InChI is InChI=1S/C11H18N2O2S/c14-4-6-15-5-3-12-7-10-8-13-11(16-10)9-1-2-9/h8-9,12,14H,1-7H2. The maximum atomic E-state index is 8.51. The molecular formula is C11H18N2O2S. The van der Waals surface area contributed by atoms with E-state index in [1.54, 1.807) is 0 Å². The van der Waals surface area contributed by atoms with Gasteiger partial charge in [-0.1, -0.05) is 0 Å². The van der Waals surface area contributed by atoms with Crippen LogP contribution in [-0.4, -0.2) is 36.5 Å². The molecule has 90 valence electrons. The summed E-state index contributed by atoms with van der Waals surface area (Å²) in [5.41, 5.74) is 0. The largest absolute Gasteiger partial charge is 0.394 e. The fraction of sp³-hybridized carbons (Fsp3) is 0.727. The van der Waals surface area contributed by atoms with Gasteiger partial charge < -0.3 is 15.2 Å². The molecule has 0 spiro atoms. The molecule has 4 nitrogen and oxygen atoms in total. The van der Waals surface area contributed by atoms with E-state index >= 15 is 0 Å². The highest BCUT2D eigenvalue weighted by Crippen LogP contribution is 2.41. The highest BCUT2D eigenvalue weighted by Gasteiger charge is 2.26. The minimum atomic E-state index is 0.0968. The predicted molar refractivity (Wildman–Crippen MR) is 63.7 cm³/mol. The number of aliphatic hydroxyl groups excluding tert-OH is 1. The zero-order valence-corrected chi connectivity index (χ0v) is 10.1. The molecule has 1 fully saturated rings. The first-order valence-corrected chi connectivity index (χ1v) is 6.55. The van der Waals surface area contributed by atoms with Gasteiger partial charge in [0.05, 0.1) is 24.8 Å². The first kappa shape index (κ1) is 12.0. The van der Waals surface area contributed by atoms with Crippen molar-refractivity contribution in [2.24, 2.45) is 0 Å². The number of hydrogen-bond donors (Lipinski definition) is 2. The first-order chi connectivity index (χ1) is 7.90. The number of nitrogens with zero attached hydrogens (tertiary/aromatic N) is 1. The van der Waals surface area contributed by atoms with Crippen LogP contribution in [0.3, 0.4) is 0 Å². The van der Waals surface area contributed by atoms with Gasteiger partial charge in [-0.05, 0) is 12.8 Å². The fourth-order valence-electron chi connectivity index (χ4n) is 1.45. The normalized spacial score (nSPS) is 15.6. The Labute approximate surface area is 99.7 Å². The number of ether oxygens (including phenoxy) is 1. The number of thiazole rings is 1. The molecule has 1 aliphatic rings. The van der Waals surface area contributed by atoms with Crippen molar-refractivity contribution in [1.82, 2.24) is 10.3 Å². The molecule has 1 aromatic rings. The van der Waals surface area contributed by atoms with Gasteiger partial charge in [-0.25, -0.2) is 4.98 Å². The van der Waals surface area contributed by atoms with E-state index in [9.17, 15) is 0 Å². The topological polar surface area (TPSA) is 54.4 Å². The van der Waals surface area contributed by atoms with Crippen molar-refractivity contribution in [1.29, 1.82) is 0 Å². The molecule has 5 heteroatoms. The van der Waals surface area contributed by atoms with Crippen LogP contribution in [-0.2, 0) is 11.3 Å². The van der Waals surface area contributed by atoms with Crippen LogP contribution in [0.4, 0.5) is 0 Å². The van der Waals surface area contributed by atoms with Crippen LogP contribution in [0.15, 0.2) is 6.20 Å². The van der Waals surface area contributed by atoms with Gasteiger partial charge in [-0.15, -0.1) is 11.3 Å². The number of aromatic nitrogens is 1. The number of hydrogen-bond acceptors (Lipinski definition) is 5. The molecule has 0 radical (unpaired) electrons. The summed E-state index contributed by atoms with van der Waals surface area (Å²) < 4.78 is 5.15. The first-order valence-electron chi connectivity index (χ1n) is 5.74. The lowest BCUT2D eigenvalue weighted by molar-refractivity contribution is 0.0938. The van der Waals surface area contributed by atoms with E-state index in [0.29, 0.717) is 13.2 Å². The summed E-state index contributed by atoms with van der Waals surface area (Å²) in [5.74, 6) is 0.756. The van der Waals surface area contributed by atoms with E-state index in [1.165, 1.54) is 22.7 Å². The van der Waals surface area contributed by atoms with E-state index in [4.69, 9.17) is 9.84 Å². The van der Waals surface area contributed by atoms with Gasteiger partial charge in [0, 0.05) is 30.1 Å². The summed E-state index contributed by atoms with van der Waals surface area (Å²) in [4.78, 5) is 5.72. The zero-order chi connectivity index (χ0) is 11.2. The minimum absolute atomic E-state index is 0.0968. The highest BCUT2D eigenvalue weighted by atomic mass is 32.1. The van der Waals surface area contributed by atoms with E-state index in [-0.39, 0.29) is 6.61 Å². The predicted octanol–water partition coefficient (Wildman–Crippen LogP) is 1.12. The van der Waals surface area contributed by atoms with Crippen LogP contribution in [0.1, 0.15) is 28.6 Å². The van der Waals surface area contributed by atoms with Gasteiger partial charge in [-0.3, -0.25) is 0 Å². The Kier molecular flexibility index (Phi) is 4.71. The Morgan fingerprint density at radius 1 is 1.50 bits per heavy atom. The van der Waals surface area contributed by atoms with Crippen LogP contribution < -0.4 is 5.32 Å². The molecule has 0 bridgehead atoms. The van der Waals surface area contributed by atoms with Gasteiger partial charge in [-0.2, -0.15) is 0 Å². The third-order valence-electron chi connectivity index (χ3n) is 2.46. The SMILES string of the molecule is OCCOCCNCc1cnc(C2CC2)s1. The number of rotatable bonds is 8. The molecule has 1 aromatic heterocycles. The monoisotopic (exact) mass is 242 g/mol. The Bertz CT molecular complexity index is 313. The van der Waals surface area contributed by atoms with Gasteiger partial charge in [0.1, 0.15) is 0 Å². The molecular weight excluding hydrogens is 224 g/mol. The molecule has 1 aliphatic carbocycles. The van der Waals surface area contributed by atoms with Crippen LogP contribution in [0.5, 0.6) is 0 Å². The lowest BCUT2D eigenvalue weighted by atomic mass is 10.4. The van der Waals surface area contributed by atoms with Gasteiger partial charge in [0.2, 0.25) is 0 Å². The third-order valence-corrected chi connectivity index (χ3v) is 3.62. The maximum absolute atomic E-state index is 8.51. The lowest BCUT2D eigenvalue weighted by Crippen LogP contribution is -2.19. The number of aliphatic hydroxyl groups is 1. The maximum Gasteiger partial charge on any atom is 0.0959 e. The van der Waals surface area contributed by atoms with Crippen LogP contribution in [0.2, 0.25) is 0 Å². The van der Waals surface area contributed by atoms with Crippen LogP contribution in [0, 0.1) is 0 Å². The molecule has 2 rings (SSSR count). The van der Waals surface area contributed by atoms with Gasteiger partial charge in [0.25, 0.3) is 0 Å². The van der Waals surface area contributed by atoms with Crippen molar-refractivity contribution >= 4 is 11.3 Å². The Morgan fingerprint density at radius 3 is 3.12 bits per heavy atom. The Hall–Kier alpha value is -0.490. The molecule has 0 unspecified atom stereocenters.